The molecule has 0 spiro atoms. The summed E-state index contributed by atoms with van der Waals surface area (Å²) >= 11 is 0. The molecule has 26 heavy (non-hydrogen) atoms. The number of hydrogen-bond donors (Lipinski definition) is 0. The number of epoxide rings is 2. The standard InChI is InChI=1S/C20H26O6/c1-19(2,9-15-11-23-15)25-17(21)13-5-7-14(8-6-13)18(22)26-20(3,4)10-16-12-24-16/h5-8,15-16H,9-12H2,1-4H3. The van der Waals surface area contributed by atoms with Gasteiger partial charge >= 0.3 is 11.9 Å². The molecule has 0 bridgehead atoms. The van der Waals surface area contributed by atoms with Crippen LogP contribution < -0.4 is 0 Å². The molecule has 0 aliphatic carbocycles. The van der Waals surface area contributed by atoms with Crippen molar-refractivity contribution in [2.45, 2.75) is 63.9 Å². The van der Waals surface area contributed by atoms with Crippen molar-refractivity contribution in [3.05, 3.63) is 35.4 Å². The van der Waals surface area contributed by atoms with Crippen molar-refractivity contribution >= 4 is 11.9 Å². The molecule has 2 atom stereocenters. The maximum atomic E-state index is 12.3. The zero-order valence-electron chi connectivity index (χ0n) is 15.7. The molecule has 6 nitrogen and oxygen atoms in total. The minimum absolute atomic E-state index is 0.180. The molecule has 1 aromatic carbocycles. The van der Waals surface area contributed by atoms with Crippen LogP contribution in [-0.2, 0) is 18.9 Å². The number of benzene rings is 1. The maximum absolute atomic E-state index is 12.3. The third-order valence-corrected chi connectivity index (χ3v) is 4.34. The van der Waals surface area contributed by atoms with Crippen molar-refractivity contribution in [3.63, 3.8) is 0 Å². The van der Waals surface area contributed by atoms with E-state index in [4.69, 9.17) is 18.9 Å². The summed E-state index contributed by atoms with van der Waals surface area (Å²) in [5.74, 6) is -0.830. The molecule has 0 saturated carbocycles. The van der Waals surface area contributed by atoms with Crippen molar-refractivity contribution < 1.29 is 28.5 Å². The van der Waals surface area contributed by atoms with Gasteiger partial charge in [-0.1, -0.05) is 0 Å². The molecule has 2 aliphatic heterocycles. The molecular formula is C20H26O6. The van der Waals surface area contributed by atoms with Crippen LogP contribution in [0.25, 0.3) is 0 Å². The molecule has 2 fully saturated rings. The van der Waals surface area contributed by atoms with Gasteiger partial charge < -0.3 is 18.9 Å². The minimum atomic E-state index is -0.593. The Labute approximate surface area is 153 Å². The summed E-state index contributed by atoms with van der Waals surface area (Å²) < 4.78 is 21.5. The highest BCUT2D eigenvalue weighted by Gasteiger charge is 2.35. The van der Waals surface area contributed by atoms with E-state index in [-0.39, 0.29) is 12.2 Å². The summed E-state index contributed by atoms with van der Waals surface area (Å²) in [7, 11) is 0. The van der Waals surface area contributed by atoms with Gasteiger partial charge in [0.15, 0.2) is 0 Å². The summed E-state index contributed by atoms with van der Waals surface area (Å²) in [6.07, 6.45) is 1.70. The number of ether oxygens (including phenoxy) is 4. The molecule has 142 valence electrons. The van der Waals surface area contributed by atoms with Gasteiger partial charge in [0, 0.05) is 12.8 Å². The second-order valence-electron chi connectivity index (χ2n) is 8.19. The van der Waals surface area contributed by atoms with E-state index < -0.39 is 23.1 Å². The van der Waals surface area contributed by atoms with E-state index in [0.29, 0.717) is 24.0 Å². The van der Waals surface area contributed by atoms with Gasteiger partial charge in [-0.05, 0) is 52.0 Å². The van der Waals surface area contributed by atoms with E-state index in [1.165, 1.54) is 0 Å². The molecule has 2 unspecified atom stereocenters. The first kappa shape index (κ1) is 18.9. The summed E-state index contributed by atoms with van der Waals surface area (Å²) in [5, 5.41) is 0. The van der Waals surface area contributed by atoms with Crippen molar-refractivity contribution in [3.8, 4) is 0 Å². The average Bonchev–Trinajstić information content (AvgIpc) is 3.44. The van der Waals surface area contributed by atoms with E-state index in [9.17, 15) is 9.59 Å². The van der Waals surface area contributed by atoms with Gasteiger partial charge in [0.2, 0.25) is 0 Å². The lowest BCUT2D eigenvalue weighted by Gasteiger charge is -2.25. The third kappa shape index (κ3) is 5.54. The van der Waals surface area contributed by atoms with Gasteiger partial charge in [0.1, 0.15) is 11.2 Å². The van der Waals surface area contributed by atoms with E-state index in [0.717, 1.165) is 13.2 Å². The summed E-state index contributed by atoms with van der Waals surface area (Å²) in [5.41, 5.74) is -0.385. The molecule has 0 aromatic heterocycles. The summed E-state index contributed by atoms with van der Waals surface area (Å²) in [6, 6.07) is 6.33. The Hall–Kier alpha value is -1.92. The minimum Gasteiger partial charge on any atom is -0.456 e. The predicted molar refractivity (Wildman–Crippen MR) is 94.1 cm³/mol. The van der Waals surface area contributed by atoms with Crippen LogP contribution in [0.2, 0.25) is 0 Å². The Morgan fingerprint density at radius 1 is 0.846 bits per heavy atom. The highest BCUT2D eigenvalue weighted by atomic mass is 16.6. The fourth-order valence-corrected chi connectivity index (χ4v) is 2.91. The summed E-state index contributed by atoms with van der Waals surface area (Å²) in [4.78, 5) is 24.6. The van der Waals surface area contributed by atoms with Gasteiger partial charge in [-0.2, -0.15) is 0 Å². The topological polar surface area (TPSA) is 77.7 Å². The number of carbonyl (C=O) groups is 2. The van der Waals surface area contributed by atoms with Crippen molar-refractivity contribution in [2.24, 2.45) is 0 Å². The largest absolute Gasteiger partial charge is 0.456 e. The van der Waals surface area contributed by atoms with Crippen LogP contribution in [0.1, 0.15) is 61.3 Å². The van der Waals surface area contributed by atoms with E-state index in [1.54, 1.807) is 24.3 Å². The monoisotopic (exact) mass is 362 g/mol. The Kier molecular flexibility index (Phi) is 5.08. The van der Waals surface area contributed by atoms with Crippen LogP contribution in [0.5, 0.6) is 0 Å². The molecule has 2 saturated heterocycles. The van der Waals surface area contributed by atoms with E-state index >= 15 is 0 Å². The fourth-order valence-electron chi connectivity index (χ4n) is 2.91. The van der Waals surface area contributed by atoms with Crippen LogP contribution in [0.3, 0.4) is 0 Å². The lowest BCUT2D eigenvalue weighted by atomic mass is 10.0. The van der Waals surface area contributed by atoms with Crippen molar-refractivity contribution in [2.75, 3.05) is 13.2 Å². The van der Waals surface area contributed by atoms with Gasteiger partial charge in [-0.15, -0.1) is 0 Å². The first-order valence-electron chi connectivity index (χ1n) is 8.93. The van der Waals surface area contributed by atoms with Crippen LogP contribution in [0.4, 0.5) is 0 Å². The molecular weight excluding hydrogens is 336 g/mol. The Balaban J connectivity index is 1.56. The highest BCUT2D eigenvalue weighted by molar-refractivity contribution is 5.93. The van der Waals surface area contributed by atoms with E-state index in [1.807, 2.05) is 27.7 Å². The van der Waals surface area contributed by atoms with Crippen LogP contribution in [0.15, 0.2) is 24.3 Å². The molecule has 2 aliphatic rings. The Morgan fingerprint density at radius 3 is 1.42 bits per heavy atom. The normalized spacial score (nSPS) is 21.8. The second-order valence-corrected chi connectivity index (χ2v) is 8.19. The number of hydrogen-bond acceptors (Lipinski definition) is 6. The van der Waals surface area contributed by atoms with Gasteiger partial charge in [-0.25, -0.2) is 9.59 Å². The quantitative estimate of drug-likeness (QED) is 0.522. The lowest BCUT2D eigenvalue weighted by Crippen LogP contribution is -2.30. The maximum Gasteiger partial charge on any atom is 0.338 e. The molecule has 2 heterocycles. The van der Waals surface area contributed by atoms with Gasteiger partial charge in [-0.3, -0.25) is 0 Å². The van der Waals surface area contributed by atoms with Crippen LogP contribution in [0, 0.1) is 0 Å². The fraction of sp³-hybridized carbons (Fsp3) is 0.600. The first-order chi connectivity index (χ1) is 12.1. The van der Waals surface area contributed by atoms with Crippen molar-refractivity contribution in [1.29, 1.82) is 0 Å². The smallest absolute Gasteiger partial charge is 0.338 e. The van der Waals surface area contributed by atoms with Gasteiger partial charge in [0.05, 0.1) is 36.5 Å². The molecule has 3 rings (SSSR count). The summed E-state index contributed by atoms with van der Waals surface area (Å²) in [6.45, 7) is 8.91. The first-order valence-corrected chi connectivity index (χ1v) is 8.93. The zero-order chi connectivity index (χ0) is 18.9. The van der Waals surface area contributed by atoms with Crippen LogP contribution in [-0.4, -0.2) is 48.6 Å². The molecule has 0 N–H and O–H groups in total. The molecule has 1 aromatic rings. The lowest BCUT2D eigenvalue weighted by molar-refractivity contribution is -0.00896. The second kappa shape index (κ2) is 7.00. The Bertz CT molecular complexity index is 609. The Morgan fingerprint density at radius 2 is 1.15 bits per heavy atom. The van der Waals surface area contributed by atoms with Crippen molar-refractivity contribution in [1.82, 2.24) is 0 Å². The third-order valence-electron chi connectivity index (χ3n) is 4.34. The molecule has 0 amide bonds. The SMILES string of the molecule is CC(C)(CC1CO1)OC(=O)c1ccc(C(=O)OC(C)(C)CC2CO2)cc1. The zero-order valence-corrected chi connectivity index (χ0v) is 15.7. The predicted octanol–water partition coefficient (Wildman–Crippen LogP) is 3.14. The number of rotatable bonds is 8. The number of esters is 2. The van der Waals surface area contributed by atoms with E-state index in [2.05, 4.69) is 0 Å². The van der Waals surface area contributed by atoms with Crippen LogP contribution >= 0.6 is 0 Å². The molecule has 0 radical (unpaired) electrons. The van der Waals surface area contributed by atoms with Gasteiger partial charge in [0.25, 0.3) is 0 Å². The highest BCUT2D eigenvalue weighted by Crippen LogP contribution is 2.27. The number of carbonyl (C=O) groups excluding carboxylic acids is 2. The molecule has 6 heteroatoms. The average molecular weight is 362 g/mol.